The number of carbonyl (C=O) groups is 2. The fraction of sp³-hybridized carbons (Fsp3) is 0.310. The molecule has 0 unspecified atom stereocenters. The van der Waals surface area contributed by atoms with E-state index >= 15 is 0 Å². The molecule has 2 aromatic carbocycles. The zero-order valence-electron chi connectivity index (χ0n) is 21.8. The third-order valence-electron chi connectivity index (χ3n) is 6.42. The largest absolute Gasteiger partial charge is 0.493 e. The maximum Gasteiger partial charge on any atom is 0.186 e. The number of ether oxygens (including phenoxy) is 5. The third-order valence-corrected chi connectivity index (χ3v) is 6.42. The fourth-order valence-corrected chi connectivity index (χ4v) is 4.43. The summed E-state index contributed by atoms with van der Waals surface area (Å²) in [5, 5.41) is 4.01. The van der Waals surface area contributed by atoms with Crippen molar-refractivity contribution >= 4 is 39.5 Å². The lowest BCUT2D eigenvalue weighted by Crippen LogP contribution is -2.25. The summed E-state index contributed by atoms with van der Waals surface area (Å²) < 4.78 is 28.0. The second-order valence-electron chi connectivity index (χ2n) is 9.00. The van der Waals surface area contributed by atoms with Crippen LogP contribution in [0.2, 0.25) is 0 Å². The number of fused-ring (bicyclic) bond motifs is 1. The number of rotatable bonds is 10. The molecular weight excluding hydrogens is 502 g/mol. The summed E-state index contributed by atoms with van der Waals surface area (Å²) in [6.45, 7) is 2.07. The average molecular weight is 532 g/mol. The second kappa shape index (κ2) is 12.1. The second-order valence-corrected chi connectivity index (χ2v) is 9.00. The number of nitrogens with one attached hydrogen (secondary N) is 1. The van der Waals surface area contributed by atoms with Gasteiger partial charge in [-0.2, -0.15) is 0 Å². The molecule has 0 saturated carbocycles. The molecule has 10 heteroatoms. The van der Waals surface area contributed by atoms with Gasteiger partial charge in [0.05, 0.1) is 32.4 Å². The van der Waals surface area contributed by atoms with Crippen LogP contribution in [-0.2, 0) is 19.1 Å². The SMILES string of the molecule is COCCOc1cc2ncnc(Nc3ccc(OC4CCOCC4)cc3C3=CC(=O)C=CC3=O)c2cc1OC. The van der Waals surface area contributed by atoms with Gasteiger partial charge < -0.3 is 29.0 Å². The van der Waals surface area contributed by atoms with Gasteiger partial charge in [-0.3, -0.25) is 9.59 Å². The Morgan fingerprint density at radius 1 is 1.00 bits per heavy atom. The topological polar surface area (TPSA) is 118 Å². The lowest BCUT2D eigenvalue weighted by Gasteiger charge is -2.24. The van der Waals surface area contributed by atoms with Gasteiger partial charge in [-0.05, 0) is 42.5 Å². The van der Waals surface area contributed by atoms with Crippen molar-refractivity contribution in [3.8, 4) is 17.2 Å². The quantitative estimate of drug-likeness (QED) is 0.303. The van der Waals surface area contributed by atoms with Crippen LogP contribution in [-0.4, -0.2) is 68.3 Å². The van der Waals surface area contributed by atoms with E-state index in [0.29, 0.717) is 71.6 Å². The molecule has 39 heavy (non-hydrogen) atoms. The van der Waals surface area contributed by atoms with Gasteiger partial charge in [0.1, 0.15) is 30.6 Å². The fourth-order valence-electron chi connectivity index (χ4n) is 4.43. The Bertz CT molecular complexity index is 1440. The molecule has 2 aliphatic rings. The van der Waals surface area contributed by atoms with Crippen LogP contribution in [0.4, 0.5) is 11.5 Å². The number of anilines is 2. The van der Waals surface area contributed by atoms with E-state index in [1.807, 2.05) is 12.1 Å². The van der Waals surface area contributed by atoms with Crippen molar-refractivity contribution in [2.24, 2.45) is 0 Å². The van der Waals surface area contributed by atoms with Gasteiger partial charge >= 0.3 is 0 Å². The number of carbonyl (C=O) groups excluding carboxylic acids is 2. The first-order valence-corrected chi connectivity index (χ1v) is 12.6. The van der Waals surface area contributed by atoms with Gasteiger partial charge in [0.2, 0.25) is 0 Å². The molecule has 0 atom stereocenters. The monoisotopic (exact) mass is 531 g/mol. The van der Waals surface area contributed by atoms with Crippen LogP contribution in [0.15, 0.2) is 54.9 Å². The minimum Gasteiger partial charge on any atom is -0.493 e. The first kappa shape index (κ1) is 26.3. The zero-order chi connectivity index (χ0) is 27.2. The normalized spacial score (nSPS) is 15.8. The predicted molar refractivity (Wildman–Crippen MR) is 145 cm³/mol. The van der Waals surface area contributed by atoms with Crippen molar-refractivity contribution < 1.29 is 33.3 Å². The summed E-state index contributed by atoms with van der Waals surface area (Å²) in [5.41, 5.74) is 2.01. The number of hydrogen-bond donors (Lipinski definition) is 1. The van der Waals surface area contributed by atoms with E-state index in [1.54, 1.807) is 32.4 Å². The van der Waals surface area contributed by atoms with Gasteiger partial charge in [-0.1, -0.05) is 0 Å². The number of ketones is 2. The van der Waals surface area contributed by atoms with Crippen molar-refractivity contribution in [2.45, 2.75) is 18.9 Å². The molecule has 3 aromatic rings. The minimum absolute atomic E-state index is 0.0153. The van der Waals surface area contributed by atoms with Crippen LogP contribution in [0, 0.1) is 0 Å². The molecule has 1 aliphatic carbocycles. The van der Waals surface area contributed by atoms with Crippen molar-refractivity contribution in [1.29, 1.82) is 0 Å². The Morgan fingerprint density at radius 2 is 1.85 bits per heavy atom. The molecular formula is C29H29N3O7. The van der Waals surface area contributed by atoms with Crippen LogP contribution >= 0.6 is 0 Å². The summed E-state index contributed by atoms with van der Waals surface area (Å²) in [4.78, 5) is 33.9. The van der Waals surface area contributed by atoms with Crippen LogP contribution < -0.4 is 19.5 Å². The number of allylic oxidation sites excluding steroid dienone is 4. The maximum absolute atomic E-state index is 12.8. The number of nitrogens with zero attached hydrogens (tertiary/aromatic N) is 2. The molecule has 0 radical (unpaired) electrons. The Balaban J connectivity index is 1.52. The third kappa shape index (κ3) is 6.08. The highest BCUT2D eigenvalue weighted by molar-refractivity contribution is 6.34. The standard InChI is InChI=1S/C29H29N3O7/c1-35-11-12-38-28-16-25-23(15-27(28)36-2)29(31-17-30-25)32-24-5-4-20(39-19-7-9-37-10-8-19)14-21(24)22-13-18(33)3-6-26(22)34/h3-6,13-17,19H,7-12H2,1-2H3,(H,30,31,32). The molecule has 1 saturated heterocycles. The lowest BCUT2D eigenvalue weighted by molar-refractivity contribution is -0.113. The lowest BCUT2D eigenvalue weighted by atomic mass is 9.94. The molecule has 1 N–H and O–H groups in total. The van der Waals surface area contributed by atoms with E-state index in [0.717, 1.165) is 12.8 Å². The van der Waals surface area contributed by atoms with Crippen molar-refractivity contribution in [1.82, 2.24) is 9.97 Å². The number of hydrogen-bond acceptors (Lipinski definition) is 10. The van der Waals surface area contributed by atoms with Gasteiger partial charge in [-0.25, -0.2) is 9.97 Å². The molecule has 1 aliphatic heterocycles. The van der Waals surface area contributed by atoms with Crippen LogP contribution in [0.25, 0.3) is 16.5 Å². The van der Waals surface area contributed by atoms with E-state index in [9.17, 15) is 9.59 Å². The number of aromatic nitrogens is 2. The molecule has 0 spiro atoms. The zero-order valence-corrected chi connectivity index (χ0v) is 21.8. The summed E-state index contributed by atoms with van der Waals surface area (Å²) in [7, 11) is 3.16. The molecule has 5 rings (SSSR count). The first-order chi connectivity index (χ1) is 19.1. The van der Waals surface area contributed by atoms with E-state index in [-0.39, 0.29) is 23.2 Å². The Labute approximate surface area is 225 Å². The molecule has 202 valence electrons. The number of benzene rings is 2. The molecule has 0 bridgehead atoms. The van der Waals surface area contributed by atoms with Crippen molar-refractivity contribution in [3.05, 3.63) is 60.5 Å². The Kier molecular flexibility index (Phi) is 8.14. The van der Waals surface area contributed by atoms with E-state index in [1.165, 1.54) is 24.6 Å². The maximum atomic E-state index is 12.8. The van der Waals surface area contributed by atoms with E-state index in [2.05, 4.69) is 15.3 Å². The van der Waals surface area contributed by atoms with Crippen LogP contribution in [0.5, 0.6) is 17.2 Å². The van der Waals surface area contributed by atoms with Gasteiger partial charge in [0.25, 0.3) is 0 Å². The Morgan fingerprint density at radius 3 is 2.64 bits per heavy atom. The molecule has 2 heterocycles. The smallest absolute Gasteiger partial charge is 0.186 e. The number of methoxy groups -OCH3 is 2. The average Bonchev–Trinajstić information content (AvgIpc) is 2.95. The van der Waals surface area contributed by atoms with E-state index < -0.39 is 0 Å². The van der Waals surface area contributed by atoms with Crippen LogP contribution in [0.1, 0.15) is 18.4 Å². The summed E-state index contributed by atoms with van der Waals surface area (Å²) >= 11 is 0. The minimum atomic E-state index is -0.270. The highest BCUT2D eigenvalue weighted by Crippen LogP contribution is 2.37. The summed E-state index contributed by atoms with van der Waals surface area (Å²) in [6.07, 6.45) is 6.90. The van der Waals surface area contributed by atoms with Gasteiger partial charge in [0.15, 0.2) is 23.1 Å². The molecule has 10 nitrogen and oxygen atoms in total. The van der Waals surface area contributed by atoms with Gasteiger partial charge in [-0.15, -0.1) is 0 Å². The highest BCUT2D eigenvalue weighted by atomic mass is 16.5. The predicted octanol–water partition coefficient (Wildman–Crippen LogP) is 4.06. The summed E-state index contributed by atoms with van der Waals surface area (Å²) in [5.74, 6) is 1.61. The van der Waals surface area contributed by atoms with Crippen molar-refractivity contribution in [3.63, 3.8) is 0 Å². The highest BCUT2D eigenvalue weighted by Gasteiger charge is 2.22. The molecule has 1 aromatic heterocycles. The van der Waals surface area contributed by atoms with Crippen molar-refractivity contribution in [2.75, 3.05) is 46.0 Å². The van der Waals surface area contributed by atoms with Gasteiger partial charge in [0, 0.05) is 48.2 Å². The van der Waals surface area contributed by atoms with E-state index in [4.69, 9.17) is 23.7 Å². The molecule has 0 amide bonds. The summed E-state index contributed by atoms with van der Waals surface area (Å²) in [6, 6.07) is 8.99. The molecule has 1 fully saturated rings. The first-order valence-electron chi connectivity index (χ1n) is 12.6. The van der Waals surface area contributed by atoms with Crippen LogP contribution in [0.3, 0.4) is 0 Å². The Hall–Kier alpha value is -4.28.